The van der Waals surface area contributed by atoms with Gasteiger partial charge in [0.25, 0.3) is 0 Å². The molecule has 0 spiro atoms. The summed E-state index contributed by atoms with van der Waals surface area (Å²) in [5, 5.41) is 0. The van der Waals surface area contributed by atoms with E-state index < -0.39 is 28.9 Å². The zero-order valence-electron chi connectivity index (χ0n) is 13.2. The van der Waals surface area contributed by atoms with Crippen molar-refractivity contribution in [2.24, 2.45) is 0 Å². The van der Waals surface area contributed by atoms with Crippen LogP contribution >= 0.6 is 11.3 Å². The highest BCUT2D eigenvalue weighted by atomic mass is 32.1. The first-order valence-corrected chi connectivity index (χ1v) is 7.83. The van der Waals surface area contributed by atoms with Crippen LogP contribution in [-0.4, -0.2) is 17.9 Å². The molecule has 0 N–H and O–H groups in total. The maximum atomic E-state index is 13.3. The summed E-state index contributed by atoms with van der Waals surface area (Å²) >= 11 is 1.08. The Balaban J connectivity index is 2.50. The third-order valence-electron chi connectivity index (χ3n) is 2.97. The molecular formula is C17H15F3O3S. The molecule has 0 unspecified atom stereocenters. The van der Waals surface area contributed by atoms with Gasteiger partial charge in [0.05, 0.1) is 16.0 Å². The highest BCUT2D eigenvalue weighted by Crippen LogP contribution is 2.37. The number of benzene rings is 1. The van der Waals surface area contributed by atoms with Crippen LogP contribution in [0, 0.1) is 0 Å². The number of aldehydes is 1. The van der Waals surface area contributed by atoms with Crippen LogP contribution < -0.4 is 0 Å². The number of carbonyl (C=O) groups excluding carboxylic acids is 2. The lowest BCUT2D eigenvalue weighted by atomic mass is 10.0. The van der Waals surface area contributed by atoms with E-state index in [0.29, 0.717) is 16.0 Å². The highest BCUT2D eigenvalue weighted by Gasteiger charge is 2.37. The molecule has 0 saturated heterocycles. The van der Waals surface area contributed by atoms with Gasteiger partial charge in [0.15, 0.2) is 6.29 Å². The van der Waals surface area contributed by atoms with Gasteiger partial charge >= 0.3 is 12.1 Å². The van der Waals surface area contributed by atoms with Gasteiger partial charge in [0, 0.05) is 4.88 Å². The molecule has 0 amide bonds. The largest absolute Gasteiger partial charge is 0.456 e. The van der Waals surface area contributed by atoms with Gasteiger partial charge in [-0.1, -0.05) is 6.07 Å². The van der Waals surface area contributed by atoms with Crippen LogP contribution in [0.15, 0.2) is 30.3 Å². The Labute approximate surface area is 141 Å². The summed E-state index contributed by atoms with van der Waals surface area (Å²) in [5.41, 5.74) is -2.21. The Morgan fingerprint density at radius 3 is 2.29 bits per heavy atom. The van der Waals surface area contributed by atoms with Gasteiger partial charge in [-0.3, -0.25) is 4.79 Å². The Morgan fingerprint density at radius 1 is 1.12 bits per heavy atom. The first-order chi connectivity index (χ1) is 11.0. The summed E-state index contributed by atoms with van der Waals surface area (Å²) in [6.07, 6.45) is -4.07. The molecule has 1 aromatic carbocycles. The van der Waals surface area contributed by atoms with E-state index in [9.17, 15) is 22.8 Å². The van der Waals surface area contributed by atoms with Crippen LogP contribution in [0.5, 0.6) is 0 Å². The first-order valence-electron chi connectivity index (χ1n) is 7.01. The number of rotatable bonds is 3. The Kier molecular flexibility index (Phi) is 4.85. The van der Waals surface area contributed by atoms with E-state index in [1.165, 1.54) is 12.1 Å². The monoisotopic (exact) mass is 356 g/mol. The fourth-order valence-electron chi connectivity index (χ4n) is 2.01. The third kappa shape index (κ3) is 4.23. The van der Waals surface area contributed by atoms with E-state index >= 15 is 0 Å². The summed E-state index contributed by atoms with van der Waals surface area (Å²) < 4.78 is 45.1. The summed E-state index contributed by atoms with van der Waals surface area (Å²) in [6, 6.07) is 6.51. The second-order valence-corrected chi connectivity index (χ2v) is 7.20. The number of ether oxygens (including phenoxy) is 1. The number of alkyl halides is 3. The Morgan fingerprint density at radius 2 is 1.79 bits per heavy atom. The molecule has 128 valence electrons. The predicted molar refractivity (Wildman–Crippen MR) is 85.3 cm³/mol. The van der Waals surface area contributed by atoms with E-state index in [4.69, 9.17) is 4.74 Å². The number of hydrogen-bond donors (Lipinski definition) is 0. The van der Waals surface area contributed by atoms with Gasteiger partial charge in [-0.05, 0) is 50.6 Å². The van der Waals surface area contributed by atoms with Gasteiger partial charge in [-0.2, -0.15) is 13.2 Å². The van der Waals surface area contributed by atoms with Gasteiger partial charge in [-0.25, -0.2) is 4.79 Å². The zero-order valence-corrected chi connectivity index (χ0v) is 14.0. The minimum atomic E-state index is -4.70. The molecule has 0 fully saturated rings. The van der Waals surface area contributed by atoms with Gasteiger partial charge in [0.2, 0.25) is 0 Å². The molecule has 2 rings (SSSR count). The summed E-state index contributed by atoms with van der Waals surface area (Å²) in [4.78, 5) is 23.7. The second-order valence-electron chi connectivity index (χ2n) is 6.08. The van der Waals surface area contributed by atoms with Crippen LogP contribution in [-0.2, 0) is 10.9 Å². The van der Waals surface area contributed by atoms with Gasteiger partial charge in [-0.15, -0.1) is 11.3 Å². The van der Waals surface area contributed by atoms with Crippen LogP contribution in [0.2, 0.25) is 0 Å². The van der Waals surface area contributed by atoms with Crippen molar-refractivity contribution in [2.45, 2.75) is 32.5 Å². The van der Waals surface area contributed by atoms with E-state index in [1.54, 1.807) is 26.8 Å². The normalized spacial score (nSPS) is 12.1. The Hall–Kier alpha value is -2.15. The number of esters is 1. The van der Waals surface area contributed by atoms with E-state index in [-0.39, 0.29) is 5.56 Å². The lowest BCUT2D eigenvalue weighted by molar-refractivity contribution is -0.138. The molecular weight excluding hydrogens is 341 g/mol. The van der Waals surface area contributed by atoms with Crippen molar-refractivity contribution < 1.29 is 27.5 Å². The van der Waals surface area contributed by atoms with Crippen molar-refractivity contribution in [3.8, 4) is 10.4 Å². The molecule has 0 aliphatic carbocycles. The fraction of sp³-hybridized carbons (Fsp3) is 0.294. The molecule has 0 aliphatic heterocycles. The molecule has 2 aromatic rings. The first kappa shape index (κ1) is 18.2. The maximum Gasteiger partial charge on any atom is 0.417 e. The number of thiophene rings is 1. The fourth-order valence-corrected chi connectivity index (χ4v) is 2.83. The molecule has 3 nitrogen and oxygen atoms in total. The summed E-state index contributed by atoms with van der Waals surface area (Å²) in [5.74, 6) is -1.03. The topological polar surface area (TPSA) is 43.4 Å². The van der Waals surface area contributed by atoms with Crippen molar-refractivity contribution in [3.05, 3.63) is 46.3 Å². The van der Waals surface area contributed by atoms with Crippen LogP contribution in [0.3, 0.4) is 0 Å². The molecule has 24 heavy (non-hydrogen) atoms. The molecule has 1 aromatic heterocycles. The zero-order chi connectivity index (χ0) is 18.1. The molecule has 0 radical (unpaired) electrons. The number of carbonyl (C=O) groups is 2. The average Bonchev–Trinajstić information content (AvgIpc) is 2.92. The smallest absolute Gasteiger partial charge is 0.417 e. The quantitative estimate of drug-likeness (QED) is 0.561. The lowest BCUT2D eigenvalue weighted by Crippen LogP contribution is -2.25. The van der Waals surface area contributed by atoms with Crippen molar-refractivity contribution in [3.63, 3.8) is 0 Å². The molecule has 7 heteroatoms. The van der Waals surface area contributed by atoms with Crippen molar-refractivity contribution in [2.75, 3.05) is 0 Å². The minimum absolute atomic E-state index is 0.285. The summed E-state index contributed by atoms with van der Waals surface area (Å²) in [6.45, 7) is 4.75. The molecule has 1 heterocycles. The lowest BCUT2D eigenvalue weighted by Gasteiger charge is -2.21. The predicted octanol–water partition coefficient (Wildman–Crippen LogP) is 5.20. The summed E-state index contributed by atoms with van der Waals surface area (Å²) in [7, 11) is 0. The Bertz CT molecular complexity index is 770. The van der Waals surface area contributed by atoms with Crippen LogP contribution in [0.4, 0.5) is 13.2 Å². The second kappa shape index (κ2) is 6.39. The van der Waals surface area contributed by atoms with E-state index in [1.807, 2.05) is 0 Å². The van der Waals surface area contributed by atoms with Crippen LogP contribution in [0.1, 0.15) is 46.4 Å². The number of hydrogen-bond acceptors (Lipinski definition) is 4. The van der Waals surface area contributed by atoms with Gasteiger partial charge in [0.1, 0.15) is 5.60 Å². The highest BCUT2D eigenvalue weighted by molar-refractivity contribution is 7.17. The molecule has 0 aliphatic rings. The molecule has 0 saturated carbocycles. The minimum Gasteiger partial charge on any atom is -0.456 e. The molecule has 0 bridgehead atoms. The standard InChI is InChI=1S/C17H15F3O3S/c1-16(2,3)23-15(22)12-6-4-10(8-13(12)17(18,19)20)14-7-5-11(9-21)24-14/h4-9H,1-3H3. The third-order valence-corrected chi connectivity index (χ3v) is 4.03. The SMILES string of the molecule is CC(C)(C)OC(=O)c1ccc(-c2ccc(C=O)s2)cc1C(F)(F)F. The molecule has 0 atom stereocenters. The van der Waals surface area contributed by atoms with Gasteiger partial charge < -0.3 is 4.74 Å². The van der Waals surface area contributed by atoms with Crippen LogP contribution in [0.25, 0.3) is 10.4 Å². The van der Waals surface area contributed by atoms with E-state index in [0.717, 1.165) is 23.5 Å². The van der Waals surface area contributed by atoms with Crippen molar-refractivity contribution in [1.82, 2.24) is 0 Å². The maximum absolute atomic E-state index is 13.3. The van der Waals surface area contributed by atoms with Crippen molar-refractivity contribution in [1.29, 1.82) is 0 Å². The number of halogens is 3. The van der Waals surface area contributed by atoms with Crippen molar-refractivity contribution >= 4 is 23.6 Å². The average molecular weight is 356 g/mol. The van der Waals surface area contributed by atoms with E-state index in [2.05, 4.69) is 0 Å².